The normalized spacial score (nSPS) is 26.2. The van der Waals surface area contributed by atoms with E-state index >= 15 is 0 Å². The lowest BCUT2D eigenvalue weighted by Crippen LogP contribution is -2.51. The summed E-state index contributed by atoms with van der Waals surface area (Å²) in [6.07, 6.45) is 4.66. The number of aliphatic carboxylic acids is 1. The predicted octanol–water partition coefficient (Wildman–Crippen LogP) is 1.57. The van der Waals surface area contributed by atoms with Gasteiger partial charge in [-0.1, -0.05) is 0 Å². The number of hydrogen-bond acceptors (Lipinski definition) is 3. The molecule has 2 fully saturated rings. The summed E-state index contributed by atoms with van der Waals surface area (Å²) in [6.45, 7) is 3.73. The highest BCUT2D eigenvalue weighted by Gasteiger charge is 2.36. The van der Waals surface area contributed by atoms with Gasteiger partial charge < -0.3 is 20.4 Å². The van der Waals surface area contributed by atoms with Crippen LogP contribution in [-0.4, -0.2) is 51.3 Å². The van der Waals surface area contributed by atoms with E-state index in [0.29, 0.717) is 32.2 Å². The molecule has 0 aromatic rings. The lowest BCUT2D eigenvalue weighted by Gasteiger charge is -2.33. The maximum atomic E-state index is 12.4. The molecule has 0 aromatic carbocycles. The molecule has 0 unspecified atom stereocenters. The van der Waals surface area contributed by atoms with Crippen molar-refractivity contribution in [2.75, 3.05) is 6.54 Å². The fourth-order valence-electron chi connectivity index (χ4n) is 2.91. The SMILES string of the molecule is CC(C)(O)CN(C(=O)NC1CCC(C(=O)O)CC1)C1CC1. The van der Waals surface area contributed by atoms with Gasteiger partial charge in [0.2, 0.25) is 0 Å². The number of carboxylic acid groups (broad SMARTS) is 1. The van der Waals surface area contributed by atoms with Gasteiger partial charge in [0.1, 0.15) is 0 Å². The van der Waals surface area contributed by atoms with Crippen molar-refractivity contribution >= 4 is 12.0 Å². The number of nitrogens with one attached hydrogen (secondary N) is 1. The Labute approximate surface area is 125 Å². The van der Waals surface area contributed by atoms with E-state index in [2.05, 4.69) is 5.32 Å². The van der Waals surface area contributed by atoms with Crippen LogP contribution in [0, 0.1) is 5.92 Å². The zero-order valence-corrected chi connectivity index (χ0v) is 12.8. The Morgan fingerprint density at radius 1 is 1.14 bits per heavy atom. The number of amides is 2. The smallest absolute Gasteiger partial charge is 0.317 e. The highest BCUT2D eigenvalue weighted by Crippen LogP contribution is 2.29. The number of rotatable bonds is 5. The van der Waals surface area contributed by atoms with Crippen molar-refractivity contribution in [3.8, 4) is 0 Å². The van der Waals surface area contributed by atoms with Crippen LogP contribution in [0.15, 0.2) is 0 Å². The highest BCUT2D eigenvalue weighted by atomic mass is 16.4. The van der Waals surface area contributed by atoms with Gasteiger partial charge in [0, 0.05) is 12.1 Å². The van der Waals surface area contributed by atoms with E-state index in [1.807, 2.05) is 0 Å². The van der Waals surface area contributed by atoms with E-state index in [1.165, 1.54) is 0 Å². The molecule has 0 heterocycles. The van der Waals surface area contributed by atoms with Crippen molar-refractivity contribution in [1.82, 2.24) is 10.2 Å². The fourth-order valence-corrected chi connectivity index (χ4v) is 2.91. The van der Waals surface area contributed by atoms with Crippen LogP contribution in [0.4, 0.5) is 4.79 Å². The average Bonchev–Trinajstić information content (AvgIpc) is 3.19. The molecule has 21 heavy (non-hydrogen) atoms. The van der Waals surface area contributed by atoms with Crippen LogP contribution in [0.1, 0.15) is 52.4 Å². The van der Waals surface area contributed by atoms with Crippen LogP contribution in [0.25, 0.3) is 0 Å². The van der Waals surface area contributed by atoms with Crippen molar-refractivity contribution in [3.63, 3.8) is 0 Å². The maximum Gasteiger partial charge on any atom is 0.317 e. The molecule has 120 valence electrons. The number of carbonyl (C=O) groups is 2. The standard InChI is InChI=1S/C15H26N2O4/c1-15(2,21)9-17(12-7-8-12)14(20)16-11-5-3-10(4-6-11)13(18)19/h10-12,21H,3-9H2,1-2H3,(H,16,20)(H,18,19). The Kier molecular flexibility index (Phi) is 4.76. The van der Waals surface area contributed by atoms with Gasteiger partial charge in [0.15, 0.2) is 0 Å². The molecule has 0 aliphatic heterocycles. The van der Waals surface area contributed by atoms with Crippen LogP contribution in [0.5, 0.6) is 0 Å². The molecule has 0 aromatic heterocycles. The fraction of sp³-hybridized carbons (Fsp3) is 0.867. The van der Waals surface area contributed by atoms with Gasteiger partial charge in [0.25, 0.3) is 0 Å². The number of carboxylic acids is 1. The van der Waals surface area contributed by atoms with Gasteiger partial charge in [-0.05, 0) is 52.4 Å². The topological polar surface area (TPSA) is 89.9 Å². The summed E-state index contributed by atoms with van der Waals surface area (Å²) in [5.74, 6) is -1.00. The number of urea groups is 1. The molecular weight excluding hydrogens is 272 g/mol. The summed E-state index contributed by atoms with van der Waals surface area (Å²) in [4.78, 5) is 25.0. The maximum absolute atomic E-state index is 12.4. The summed E-state index contributed by atoms with van der Waals surface area (Å²) in [5, 5.41) is 21.9. The first kappa shape index (κ1) is 16.1. The Hall–Kier alpha value is -1.30. The Bertz CT molecular complexity index is 393. The molecule has 2 aliphatic rings. The second-order valence-electron chi connectivity index (χ2n) is 7.01. The van der Waals surface area contributed by atoms with Crippen molar-refractivity contribution in [2.45, 2.75) is 70.1 Å². The minimum absolute atomic E-state index is 0.0520. The average molecular weight is 298 g/mol. The largest absolute Gasteiger partial charge is 0.481 e. The van der Waals surface area contributed by atoms with Gasteiger partial charge >= 0.3 is 12.0 Å². The van der Waals surface area contributed by atoms with E-state index < -0.39 is 11.6 Å². The third-order valence-corrected chi connectivity index (χ3v) is 4.21. The van der Waals surface area contributed by atoms with E-state index in [9.17, 15) is 14.7 Å². The van der Waals surface area contributed by atoms with Crippen molar-refractivity contribution in [3.05, 3.63) is 0 Å². The van der Waals surface area contributed by atoms with Gasteiger partial charge in [-0.2, -0.15) is 0 Å². The zero-order valence-electron chi connectivity index (χ0n) is 12.8. The Balaban J connectivity index is 1.84. The zero-order chi connectivity index (χ0) is 15.6. The number of hydrogen-bond donors (Lipinski definition) is 3. The summed E-state index contributed by atoms with van der Waals surface area (Å²) in [5.41, 5.74) is -0.902. The minimum atomic E-state index is -0.902. The second kappa shape index (κ2) is 6.22. The van der Waals surface area contributed by atoms with Gasteiger partial charge in [-0.15, -0.1) is 0 Å². The minimum Gasteiger partial charge on any atom is -0.481 e. The van der Waals surface area contributed by atoms with E-state index in [-0.39, 0.29) is 24.0 Å². The highest BCUT2D eigenvalue weighted by molar-refractivity contribution is 5.75. The van der Waals surface area contributed by atoms with E-state index in [1.54, 1.807) is 18.7 Å². The van der Waals surface area contributed by atoms with Crippen LogP contribution in [-0.2, 0) is 4.79 Å². The monoisotopic (exact) mass is 298 g/mol. The quantitative estimate of drug-likeness (QED) is 0.718. The molecule has 6 nitrogen and oxygen atoms in total. The molecule has 2 aliphatic carbocycles. The van der Waals surface area contributed by atoms with Crippen LogP contribution < -0.4 is 5.32 Å². The van der Waals surface area contributed by atoms with Crippen LogP contribution in [0.2, 0.25) is 0 Å². The first-order valence-electron chi connectivity index (χ1n) is 7.78. The van der Waals surface area contributed by atoms with E-state index in [0.717, 1.165) is 12.8 Å². The van der Waals surface area contributed by atoms with Crippen LogP contribution in [0.3, 0.4) is 0 Å². The first-order valence-corrected chi connectivity index (χ1v) is 7.78. The molecule has 0 radical (unpaired) electrons. The summed E-state index contributed by atoms with van der Waals surface area (Å²) < 4.78 is 0. The molecular formula is C15H26N2O4. The first-order chi connectivity index (χ1) is 9.76. The Morgan fingerprint density at radius 3 is 2.14 bits per heavy atom. The van der Waals surface area contributed by atoms with Crippen molar-refractivity contribution in [1.29, 1.82) is 0 Å². The van der Waals surface area contributed by atoms with Gasteiger partial charge in [-0.25, -0.2) is 4.79 Å². The van der Waals surface area contributed by atoms with E-state index in [4.69, 9.17) is 5.11 Å². The van der Waals surface area contributed by atoms with Crippen LogP contribution >= 0.6 is 0 Å². The molecule has 0 saturated heterocycles. The molecule has 0 bridgehead atoms. The molecule has 0 spiro atoms. The predicted molar refractivity (Wildman–Crippen MR) is 77.9 cm³/mol. The summed E-state index contributed by atoms with van der Waals surface area (Å²) >= 11 is 0. The lowest BCUT2D eigenvalue weighted by atomic mass is 9.86. The van der Waals surface area contributed by atoms with Crippen molar-refractivity contribution < 1.29 is 19.8 Å². The van der Waals surface area contributed by atoms with Gasteiger partial charge in [0.05, 0.1) is 18.1 Å². The molecule has 0 atom stereocenters. The Morgan fingerprint density at radius 2 is 1.71 bits per heavy atom. The van der Waals surface area contributed by atoms with Gasteiger partial charge in [-0.3, -0.25) is 4.79 Å². The number of nitrogens with zero attached hydrogens (tertiary/aromatic N) is 1. The molecule has 2 amide bonds. The molecule has 6 heteroatoms. The number of aliphatic hydroxyl groups is 1. The summed E-state index contributed by atoms with van der Waals surface area (Å²) in [7, 11) is 0. The molecule has 2 rings (SSSR count). The van der Waals surface area contributed by atoms with Crippen molar-refractivity contribution in [2.24, 2.45) is 5.92 Å². The molecule has 2 saturated carbocycles. The second-order valence-corrected chi connectivity index (χ2v) is 7.01. The lowest BCUT2D eigenvalue weighted by molar-refractivity contribution is -0.142. The number of carbonyl (C=O) groups excluding carboxylic acids is 1. The molecule has 3 N–H and O–H groups in total. The third kappa shape index (κ3) is 4.88. The third-order valence-electron chi connectivity index (χ3n) is 4.21. The summed E-state index contributed by atoms with van der Waals surface area (Å²) in [6, 6.07) is 0.168.